The molecule has 98 valence electrons. The molecule has 1 aliphatic rings. The quantitative estimate of drug-likeness (QED) is 0.523. The molecular formula is C13H19N3O2. The Morgan fingerprint density at radius 3 is 2.89 bits per heavy atom. The van der Waals surface area contributed by atoms with E-state index in [2.05, 4.69) is 10.6 Å². The maximum Gasteiger partial charge on any atom is 0.223 e. The maximum absolute atomic E-state index is 11.4. The van der Waals surface area contributed by atoms with E-state index >= 15 is 0 Å². The van der Waals surface area contributed by atoms with Crippen LogP contribution in [0.5, 0.6) is 5.75 Å². The van der Waals surface area contributed by atoms with Gasteiger partial charge in [0.1, 0.15) is 5.75 Å². The van der Waals surface area contributed by atoms with Crippen LogP contribution in [-0.4, -0.2) is 26.1 Å². The molecule has 1 amide bonds. The van der Waals surface area contributed by atoms with Gasteiger partial charge < -0.3 is 21.1 Å². The van der Waals surface area contributed by atoms with Gasteiger partial charge in [0.15, 0.2) is 0 Å². The first-order chi connectivity index (χ1) is 8.70. The number of nitrogens with one attached hydrogen (secondary N) is 2. The van der Waals surface area contributed by atoms with Crippen LogP contribution in [0.4, 0.5) is 11.4 Å². The normalized spacial score (nSPS) is 14.1. The van der Waals surface area contributed by atoms with Crippen LogP contribution in [0.1, 0.15) is 12.8 Å². The third kappa shape index (κ3) is 3.29. The Bertz CT molecular complexity index is 430. The third-order valence-electron chi connectivity index (χ3n) is 2.95. The number of ether oxygens (including phenoxy) is 1. The highest BCUT2D eigenvalue weighted by Gasteiger charge is 2.28. The van der Waals surface area contributed by atoms with Crippen molar-refractivity contribution >= 4 is 17.3 Å². The largest absolute Gasteiger partial charge is 0.497 e. The van der Waals surface area contributed by atoms with Gasteiger partial charge in [-0.05, 0) is 25.0 Å². The Morgan fingerprint density at radius 1 is 1.44 bits per heavy atom. The molecule has 1 aromatic rings. The van der Waals surface area contributed by atoms with Gasteiger partial charge in [-0.1, -0.05) is 0 Å². The van der Waals surface area contributed by atoms with Crippen molar-refractivity contribution in [2.24, 2.45) is 5.92 Å². The average Bonchev–Trinajstić information content (AvgIpc) is 3.20. The molecule has 0 spiro atoms. The van der Waals surface area contributed by atoms with Gasteiger partial charge in [0.05, 0.1) is 18.5 Å². The van der Waals surface area contributed by atoms with Crippen LogP contribution in [-0.2, 0) is 4.79 Å². The zero-order valence-corrected chi connectivity index (χ0v) is 10.5. The summed E-state index contributed by atoms with van der Waals surface area (Å²) in [6.45, 7) is 1.25. The highest BCUT2D eigenvalue weighted by Crippen LogP contribution is 2.28. The molecule has 0 unspecified atom stereocenters. The van der Waals surface area contributed by atoms with Gasteiger partial charge in [-0.3, -0.25) is 4.79 Å². The van der Waals surface area contributed by atoms with E-state index in [9.17, 15) is 4.79 Å². The van der Waals surface area contributed by atoms with Crippen molar-refractivity contribution in [2.45, 2.75) is 12.8 Å². The summed E-state index contributed by atoms with van der Waals surface area (Å²) in [7, 11) is 1.62. The van der Waals surface area contributed by atoms with E-state index in [4.69, 9.17) is 10.5 Å². The number of nitrogen functional groups attached to an aromatic ring is 1. The maximum atomic E-state index is 11.4. The summed E-state index contributed by atoms with van der Waals surface area (Å²) in [4.78, 5) is 11.4. The summed E-state index contributed by atoms with van der Waals surface area (Å²) < 4.78 is 5.13. The first-order valence-corrected chi connectivity index (χ1v) is 6.16. The minimum absolute atomic E-state index is 0.162. The number of hydrogen-bond donors (Lipinski definition) is 3. The van der Waals surface area contributed by atoms with Crippen LogP contribution in [0.15, 0.2) is 18.2 Å². The minimum Gasteiger partial charge on any atom is -0.497 e. The molecular weight excluding hydrogens is 230 g/mol. The summed E-state index contributed by atoms with van der Waals surface area (Å²) >= 11 is 0. The van der Waals surface area contributed by atoms with Gasteiger partial charge in [-0.15, -0.1) is 0 Å². The van der Waals surface area contributed by atoms with Crippen molar-refractivity contribution in [2.75, 3.05) is 31.2 Å². The van der Waals surface area contributed by atoms with Crippen LogP contribution in [0, 0.1) is 5.92 Å². The minimum atomic E-state index is 0.162. The molecule has 0 aliphatic heterocycles. The van der Waals surface area contributed by atoms with Gasteiger partial charge in [0, 0.05) is 25.1 Å². The zero-order chi connectivity index (χ0) is 13.0. The molecule has 0 heterocycles. The van der Waals surface area contributed by atoms with Gasteiger partial charge >= 0.3 is 0 Å². The fourth-order valence-corrected chi connectivity index (χ4v) is 1.69. The second-order valence-corrected chi connectivity index (χ2v) is 4.45. The number of nitrogens with two attached hydrogens (primary N) is 1. The van der Waals surface area contributed by atoms with E-state index in [-0.39, 0.29) is 11.8 Å². The number of benzene rings is 1. The standard InChI is InChI=1S/C13H19N3O2/c1-18-10-4-5-11(14)12(8-10)15-6-7-16-13(17)9-2-3-9/h4-5,8-9,15H,2-3,6-7,14H2,1H3,(H,16,17). The van der Waals surface area contributed by atoms with Gasteiger partial charge in [-0.25, -0.2) is 0 Å². The topological polar surface area (TPSA) is 76.4 Å². The lowest BCUT2D eigenvalue weighted by atomic mass is 10.2. The summed E-state index contributed by atoms with van der Waals surface area (Å²) in [6.07, 6.45) is 2.06. The highest BCUT2D eigenvalue weighted by atomic mass is 16.5. The second-order valence-electron chi connectivity index (χ2n) is 4.45. The Balaban J connectivity index is 1.76. The molecule has 1 aromatic carbocycles. The summed E-state index contributed by atoms with van der Waals surface area (Å²) in [5, 5.41) is 6.07. The summed E-state index contributed by atoms with van der Waals surface area (Å²) in [6, 6.07) is 5.46. The highest BCUT2D eigenvalue weighted by molar-refractivity contribution is 5.80. The molecule has 0 saturated heterocycles. The van der Waals surface area contributed by atoms with Crippen molar-refractivity contribution in [1.29, 1.82) is 0 Å². The Hall–Kier alpha value is -1.91. The van der Waals surface area contributed by atoms with Gasteiger partial charge in [0.2, 0.25) is 5.91 Å². The molecule has 0 bridgehead atoms. The van der Waals surface area contributed by atoms with Crippen LogP contribution >= 0.6 is 0 Å². The number of anilines is 2. The monoisotopic (exact) mass is 249 g/mol. The van der Waals surface area contributed by atoms with Crippen LogP contribution in [0.2, 0.25) is 0 Å². The molecule has 5 heteroatoms. The lowest BCUT2D eigenvalue weighted by Crippen LogP contribution is -2.29. The van der Waals surface area contributed by atoms with E-state index in [0.29, 0.717) is 18.8 Å². The molecule has 0 atom stereocenters. The van der Waals surface area contributed by atoms with Crippen molar-refractivity contribution < 1.29 is 9.53 Å². The van der Waals surface area contributed by atoms with Gasteiger partial charge in [-0.2, -0.15) is 0 Å². The smallest absolute Gasteiger partial charge is 0.223 e. The van der Waals surface area contributed by atoms with Gasteiger partial charge in [0.25, 0.3) is 0 Å². The van der Waals surface area contributed by atoms with Crippen molar-refractivity contribution in [3.05, 3.63) is 18.2 Å². The van der Waals surface area contributed by atoms with Crippen LogP contribution in [0.3, 0.4) is 0 Å². The summed E-state index contributed by atoms with van der Waals surface area (Å²) in [5.41, 5.74) is 7.34. The fraction of sp³-hybridized carbons (Fsp3) is 0.462. The van der Waals surface area contributed by atoms with E-state index in [1.165, 1.54) is 0 Å². The van der Waals surface area contributed by atoms with Crippen molar-refractivity contribution in [3.8, 4) is 5.75 Å². The fourth-order valence-electron chi connectivity index (χ4n) is 1.69. The Labute approximate surface area is 107 Å². The number of carbonyl (C=O) groups excluding carboxylic acids is 1. The van der Waals surface area contributed by atoms with Crippen LogP contribution in [0.25, 0.3) is 0 Å². The Morgan fingerprint density at radius 2 is 2.22 bits per heavy atom. The first-order valence-electron chi connectivity index (χ1n) is 6.16. The lowest BCUT2D eigenvalue weighted by molar-refractivity contribution is -0.122. The molecule has 1 aliphatic carbocycles. The average molecular weight is 249 g/mol. The molecule has 18 heavy (non-hydrogen) atoms. The number of carbonyl (C=O) groups is 1. The van der Waals surface area contributed by atoms with E-state index in [0.717, 1.165) is 24.3 Å². The molecule has 5 nitrogen and oxygen atoms in total. The molecule has 1 saturated carbocycles. The molecule has 0 aromatic heterocycles. The van der Waals surface area contributed by atoms with E-state index < -0.39 is 0 Å². The van der Waals surface area contributed by atoms with Crippen molar-refractivity contribution in [1.82, 2.24) is 5.32 Å². The molecule has 2 rings (SSSR count). The van der Waals surface area contributed by atoms with Crippen LogP contribution < -0.4 is 21.1 Å². The number of hydrogen-bond acceptors (Lipinski definition) is 4. The number of methoxy groups -OCH3 is 1. The van der Waals surface area contributed by atoms with Crippen molar-refractivity contribution in [3.63, 3.8) is 0 Å². The van der Waals surface area contributed by atoms with E-state index in [1.807, 2.05) is 12.1 Å². The number of rotatable bonds is 6. The first kappa shape index (κ1) is 12.5. The third-order valence-corrected chi connectivity index (χ3v) is 2.95. The lowest BCUT2D eigenvalue weighted by Gasteiger charge is -2.11. The SMILES string of the molecule is COc1ccc(N)c(NCCNC(=O)C2CC2)c1. The second kappa shape index (κ2) is 5.62. The van der Waals surface area contributed by atoms with E-state index in [1.54, 1.807) is 13.2 Å². The molecule has 4 N–H and O–H groups in total. The zero-order valence-electron chi connectivity index (χ0n) is 10.5. The molecule has 0 radical (unpaired) electrons. The number of amides is 1. The Kier molecular flexibility index (Phi) is 3.92. The molecule has 1 fully saturated rings. The summed E-state index contributed by atoms with van der Waals surface area (Å²) in [5.74, 6) is 1.18. The predicted molar refractivity (Wildman–Crippen MR) is 71.6 cm³/mol. The predicted octanol–water partition coefficient (Wildman–Crippen LogP) is 1.22.